The molecule has 1 unspecified atom stereocenters. The van der Waals surface area contributed by atoms with Crippen molar-refractivity contribution >= 4 is 11.9 Å². The van der Waals surface area contributed by atoms with E-state index in [0.717, 1.165) is 5.56 Å². The van der Waals surface area contributed by atoms with Gasteiger partial charge in [-0.25, -0.2) is 9.18 Å². The summed E-state index contributed by atoms with van der Waals surface area (Å²) in [6, 6.07) is 10.0. The number of hydrogen-bond acceptors (Lipinski definition) is 4. The van der Waals surface area contributed by atoms with Gasteiger partial charge in [0.2, 0.25) is 5.91 Å². The molecule has 0 aliphatic rings. The number of halogens is 1. The van der Waals surface area contributed by atoms with Crippen molar-refractivity contribution < 1.29 is 24.2 Å². The van der Waals surface area contributed by atoms with E-state index in [1.54, 1.807) is 30.3 Å². The van der Waals surface area contributed by atoms with E-state index in [2.05, 4.69) is 5.32 Å². The van der Waals surface area contributed by atoms with Crippen molar-refractivity contribution in [2.45, 2.75) is 31.3 Å². The van der Waals surface area contributed by atoms with Crippen LogP contribution in [0.4, 0.5) is 4.39 Å². The number of carboxylic acid groups (broad SMARTS) is 1. The number of carboxylic acids is 1. The molecule has 0 aliphatic heterocycles. The topological polar surface area (TPSA) is 113 Å². The van der Waals surface area contributed by atoms with Crippen LogP contribution in [-0.2, 0) is 22.4 Å². The lowest BCUT2D eigenvalue weighted by Crippen LogP contribution is -2.49. The maximum absolute atomic E-state index is 13.2. The Morgan fingerprint density at radius 3 is 2.42 bits per heavy atom. The molecule has 2 atom stereocenters. The maximum atomic E-state index is 13.2. The van der Waals surface area contributed by atoms with Gasteiger partial charge in [-0.15, -0.1) is 0 Å². The van der Waals surface area contributed by atoms with Crippen molar-refractivity contribution in [2.24, 2.45) is 5.73 Å². The standard InChI is InChI=1S/C19H21FN2O4/c20-14-3-1-2-13(10-14)11-17(19(25)26)22-18(24)16(21)9-6-12-4-7-15(23)8-5-12/h1-5,7-8,10,16-17,23H,6,9,11,21H2,(H,22,24)(H,25,26)/t16-,17?/m0/s1. The van der Waals surface area contributed by atoms with Gasteiger partial charge in [0, 0.05) is 6.42 Å². The number of rotatable bonds is 8. The van der Waals surface area contributed by atoms with Crippen LogP contribution in [0.5, 0.6) is 5.75 Å². The van der Waals surface area contributed by atoms with E-state index in [0.29, 0.717) is 18.4 Å². The molecule has 2 aromatic carbocycles. The number of carbonyl (C=O) groups is 2. The molecule has 0 saturated heterocycles. The average molecular weight is 360 g/mol. The molecule has 0 bridgehead atoms. The van der Waals surface area contributed by atoms with Gasteiger partial charge in [0.15, 0.2) is 0 Å². The molecule has 138 valence electrons. The zero-order valence-corrected chi connectivity index (χ0v) is 14.1. The van der Waals surface area contributed by atoms with Crippen LogP contribution in [0.25, 0.3) is 0 Å². The Morgan fingerprint density at radius 1 is 1.12 bits per heavy atom. The molecule has 7 heteroatoms. The molecule has 0 aliphatic carbocycles. The van der Waals surface area contributed by atoms with Crippen molar-refractivity contribution in [1.82, 2.24) is 5.32 Å². The summed E-state index contributed by atoms with van der Waals surface area (Å²) in [5, 5.41) is 20.9. The number of benzene rings is 2. The van der Waals surface area contributed by atoms with Crippen LogP contribution in [0.1, 0.15) is 17.5 Å². The van der Waals surface area contributed by atoms with Crippen molar-refractivity contribution in [1.29, 1.82) is 0 Å². The van der Waals surface area contributed by atoms with E-state index >= 15 is 0 Å². The number of phenols is 1. The summed E-state index contributed by atoms with van der Waals surface area (Å²) in [5.74, 6) is -2.11. The summed E-state index contributed by atoms with van der Waals surface area (Å²) in [6.07, 6.45) is 0.795. The first-order valence-corrected chi connectivity index (χ1v) is 8.16. The number of hydrogen-bond donors (Lipinski definition) is 4. The van der Waals surface area contributed by atoms with Crippen LogP contribution in [0.15, 0.2) is 48.5 Å². The molecule has 0 radical (unpaired) electrons. The van der Waals surface area contributed by atoms with Gasteiger partial charge in [0.05, 0.1) is 6.04 Å². The fraction of sp³-hybridized carbons (Fsp3) is 0.263. The number of amides is 1. The molecule has 0 spiro atoms. The van der Waals surface area contributed by atoms with Crippen LogP contribution in [0.3, 0.4) is 0 Å². The Bertz CT molecular complexity index is 764. The molecule has 5 N–H and O–H groups in total. The van der Waals surface area contributed by atoms with Crippen LogP contribution in [0.2, 0.25) is 0 Å². The molecular weight excluding hydrogens is 339 g/mol. The number of aromatic hydroxyl groups is 1. The van der Waals surface area contributed by atoms with Gasteiger partial charge in [0.1, 0.15) is 17.6 Å². The number of nitrogens with two attached hydrogens (primary N) is 1. The zero-order chi connectivity index (χ0) is 19.1. The minimum Gasteiger partial charge on any atom is -0.508 e. The van der Waals surface area contributed by atoms with E-state index < -0.39 is 29.8 Å². The first kappa shape index (κ1) is 19.4. The number of phenolic OH excluding ortho intramolecular Hbond substituents is 1. The minimum absolute atomic E-state index is 0.0382. The Kier molecular flexibility index (Phi) is 6.68. The van der Waals surface area contributed by atoms with Gasteiger partial charge < -0.3 is 21.3 Å². The molecule has 0 fully saturated rings. The van der Waals surface area contributed by atoms with Crippen molar-refractivity contribution in [2.75, 3.05) is 0 Å². The molecule has 1 amide bonds. The quantitative estimate of drug-likeness (QED) is 0.571. The highest BCUT2D eigenvalue weighted by atomic mass is 19.1. The normalized spacial score (nSPS) is 13.0. The Hall–Kier alpha value is -2.93. The summed E-state index contributed by atoms with van der Waals surface area (Å²) in [7, 11) is 0. The fourth-order valence-electron chi connectivity index (χ4n) is 2.49. The number of carbonyl (C=O) groups excluding carboxylic acids is 1. The summed E-state index contributed by atoms with van der Waals surface area (Å²) < 4.78 is 13.2. The Morgan fingerprint density at radius 2 is 1.81 bits per heavy atom. The maximum Gasteiger partial charge on any atom is 0.326 e. The van der Waals surface area contributed by atoms with Gasteiger partial charge in [-0.1, -0.05) is 24.3 Å². The number of aliphatic carboxylic acids is 1. The lowest BCUT2D eigenvalue weighted by atomic mass is 10.0. The lowest BCUT2D eigenvalue weighted by Gasteiger charge is -2.18. The van der Waals surface area contributed by atoms with Gasteiger partial charge in [0.25, 0.3) is 0 Å². The van der Waals surface area contributed by atoms with E-state index in [-0.39, 0.29) is 12.2 Å². The minimum atomic E-state index is -1.21. The average Bonchev–Trinajstić information content (AvgIpc) is 2.60. The molecule has 2 rings (SSSR count). The zero-order valence-electron chi connectivity index (χ0n) is 14.1. The Balaban J connectivity index is 1.91. The number of nitrogens with one attached hydrogen (secondary N) is 1. The van der Waals surface area contributed by atoms with Crippen LogP contribution >= 0.6 is 0 Å². The van der Waals surface area contributed by atoms with Crippen LogP contribution in [-0.4, -0.2) is 34.2 Å². The first-order chi connectivity index (χ1) is 12.3. The van der Waals surface area contributed by atoms with Crippen molar-refractivity contribution in [3.63, 3.8) is 0 Å². The van der Waals surface area contributed by atoms with Gasteiger partial charge >= 0.3 is 5.97 Å². The lowest BCUT2D eigenvalue weighted by molar-refractivity contribution is -0.142. The van der Waals surface area contributed by atoms with E-state index in [1.165, 1.54) is 18.2 Å². The van der Waals surface area contributed by atoms with Crippen LogP contribution in [0, 0.1) is 5.82 Å². The predicted octanol–water partition coefficient (Wildman–Crippen LogP) is 1.60. The second kappa shape index (κ2) is 8.96. The molecule has 0 heterocycles. The SMILES string of the molecule is N[C@@H](CCc1ccc(O)cc1)C(=O)NC(Cc1cccc(F)c1)C(=O)O. The highest BCUT2D eigenvalue weighted by Crippen LogP contribution is 2.12. The van der Waals surface area contributed by atoms with Gasteiger partial charge in [-0.3, -0.25) is 4.79 Å². The third-order valence-corrected chi connectivity index (χ3v) is 3.96. The van der Waals surface area contributed by atoms with E-state index in [4.69, 9.17) is 5.73 Å². The summed E-state index contributed by atoms with van der Waals surface area (Å²) in [4.78, 5) is 23.6. The van der Waals surface area contributed by atoms with Crippen molar-refractivity contribution in [3.8, 4) is 5.75 Å². The largest absolute Gasteiger partial charge is 0.508 e. The smallest absolute Gasteiger partial charge is 0.326 e. The molecule has 2 aromatic rings. The monoisotopic (exact) mass is 360 g/mol. The second-order valence-corrected chi connectivity index (χ2v) is 6.05. The molecule has 0 aromatic heterocycles. The van der Waals surface area contributed by atoms with Crippen molar-refractivity contribution in [3.05, 3.63) is 65.5 Å². The van der Waals surface area contributed by atoms with Gasteiger partial charge in [-0.2, -0.15) is 0 Å². The first-order valence-electron chi connectivity index (χ1n) is 8.16. The molecule has 0 saturated carbocycles. The van der Waals surface area contributed by atoms with Crippen LogP contribution < -0.4 is 11.1 Å². The van der Waals surface area contributed by atoms with Gasteiger partial charge in [-0.05, 0) is 48.2 Å². The second-order valence-electron chi connectivity index (χ2n) is 6.05. The predicted molar refractivity (Wildman–Crippen MR) is 94.1 cm³/mol. The third kappa shape index (κ3) is 5.86. The highest BCUT2D eigenvalue weighted by Gasteiger charge is 2.23. The fourth-order valence-corrected chi connectivity index (χ4v) is 2.49. The molecular formula is C19H21FN2O4. The summed E-state index contributed by atoms with van der Waals surface area (Å²) in [6.45, 7) is 0. The Labute approximate surface area is 150 Å². The molecule has 6 nitrogen and oxygen atoms in total. The molecule has 26 heavy (non-hydrogen) atoms. The highest BCUT2D eigenvalue weighted by molar-refractivity contribution is 5.86. The third-order valence-electron chi connectivity index (χ3n) is 3.96. The number of aryl methyl sites for hydroxylation is 1. The summed E-state index contributed by atoms with van der Waals surface area (Å²) >= 11 is 0. The van der Waals surface area contributed by atoms with E-state index in [9.17, 15) is 24.2 Å². The summed E-state index contributed by atoms with van der Waals surface area (Å²) in [5.41, 5.74) is 7.22. The van der Waals surface area contributed by atoms with E-state index in [1.807, 2.05) is 0 Å².